The molecular weight excluding hydrogens is 262 g/mol. The molecule has 2 aromatic rings. The van der Waals surface area contributed by atoms with Gasteiger partial charge >= 0.3 is 0 Å². The van der Waals surface area contributed by atoms with Crippen molar-refractivity contribution >= 4 is 16.8 Å². The number of benzene rings is 1. The summed E-state index contributed by atoms with van der Waals surface area (Å²) in [6.07, 6.45) is 6.15. The molecule has 1 fully saturated rings. The number of piperidine rings is 1. The summed E-state index contributed by atoms with van der Waals surface area (Å²) < 4.78 is 0. The van der Waals surface area contributed by atoms with E-state index in [9.17, 15) is 4.79 Å². The van der Waals surface area contributed by atoms with Crippen LogP contribution in [0.2, 0.25) is 0 Å². The van der Waals surface area contributed by atoms with Crippen LogP contribution in [0.4, 0.5) is 0 Å². The predicted molar refractivity (Wildman–Crippen MR) is 85.1 cm³/mol. The van der Waals surface area contributed by atoms with Gasteiger partial charge in [-0.05, 0) is 42.3 Å². The van der Waals surface area contributed by atoms with Gasteiger partial charge in [-0.1, -0.05) is 12.1 Å². The highest BCUT2D eigenvalue weighted by Crippen LogP contribution is 2.14. The van der Waals surface area contributed by atoms with Crippen molar-refractivity contribution in [3.8, 4) is 0 Å². The molecule has 2 heterocycles. The van der Waals surface area contributed by atoms with E-state index in [1.807, 2.05) is 11.1 Å². The van der Waals surface area contributed by atoms with Crippen LogP contribution in [0.5, 0.6) is 0 Å². The van der Waals surface area contributed by atoms with Gasteiger partial charge in [0.2, 0.25) is 5.91 Å². The molecule has 1 aromatic heterocycles. The Labute approximate surface area is 125 Å². The van der Waals surface area contributed by atoms with Crippen molar-refractivity contribution in [2.75, 3.05) is 19.6 Å². The number of nitrogens with one attached hydrogen (secondary N) is 2. The van der Waals surface area contributed by atoms with Gasteiger partial charge in [-0.25, -0.2) is 0 Å². The molecule has 0 unspecified atom stereocenters. The van der Waals surface area contributed by atoms with E-state index in [1.54, 1.807) is 0 Å². The first-order valence-corrected chi connectivity index (χ1v) is 7.87. The Bertz CT molecular complexity index is 599. The topological polar surface area (TPSA) is 48.1 Å². The predicted octanol–water partition coefficient (Wildman–Crippen LogP) is 2.66. The average molecular weight is 285 g/mol. The minimum Gasteiger partial charge on any atom is -0.361 e. The van der Waals surface area contributed by atoms with Crippen LogP contribution in [0, 0.1) is 0 Å². The fourth-order valence-electron chi connectivity index (χ4n) is 2.93. The Morgan fingerprint density at radius 1 is 1.19 bits per heavy atom. The maximum Gasteiger partial charge on any atom is 0.223 e. The van der Waals surface area contributed by atoms with Gasteiger partial charge in [0.1, 0.15) is 0 Å². The molecule has 21 heavy (non-hydrogen) atoms. The molecule has 1 aromatic carbocycles. The second-order valence-corrected chi connectivity index (χ2v) is 5.77. The van der Waals surface area contributed by atoms with Gasteiger partial charge in [0.05, 0.1) is 0 Å². The second-order valence-electron chi connectivity index (χ2n) is 5.77. The Hall–Kier alpha value is -1.81. The highest BCUT2D eigenvalue weighted by atomic mass is 16.2. The third-order valence-corrected chi connectivity index (χ3v) is 4.17. The third-order valence-electron chi connectivity index (χ3n) is 4.17. The van der Waals surface area contributed by atoms with Gasteiger partial charge in [0, 0.05) is 44.3 Å². The van der Waals surface area contributed by atoms with E-state index in [4.69, 9.17) is 0 Å². The van der Waals surface area contributed by atoms with Gasteiger partial charge in [-0.2, -0.15) is 0 Å². The molecule has 1 amide bonds. The molecule has 0 saturated carbocycles. The summed E-state index contributed by atoms with van der Waals surface area (Å²) in [6, 6.07) is 8.50. The number of rotatable bonds is 5. The van der Waals surface area contributed by atoms with E-state index in [-0.39, 0.29) is 0 Å². The number of carbonyl (C=O) groups is 1. The number of aromatic nitrogens is 1. The lowest BCUT2D eigenvalue weighted by Crippen LogP contribution is -2.37. The SMILES string of the molecule is O=C(CCNCc1ccc2cc[nH]c2c1)N1CCCCC1. The minimum atomic E-state index is 0.294. The van der Waals surface area contributed by atoms with Crippen LogP contribution in [0.25, 0.3) is 10.9 Å². The molecule has 0 aliphatic carbocycles. The number of H-pyrrole nitrogens is 1. The standard InChI is InChI=1S/C17H23N3O/c21-17(20-10-2-1-3-11-20)7-8-18-13-14-4-5-15-6-9-19-16(15)12-14/h4-6,9,12,18-19H,1-3,7-8,10-11,13H2. The van der Waals surface area contributed by atoms with Crippen LogP contribution in [0.1, 0.15) is 31.2 Å². The van der Waals surface area contributed by atoms with E-state index in [1.165, 1.54) is 22.9 Å². The molecule has 3 rings (SSSR count). The number of fused-ring (bicyclic) bond motifs is 1. The smallest absolute Gasteiger partial charge is 0.223 e. The molecule has 2 N–H and O–H groups in total. The minimum absolute atomic E-state index is 0.294. The molecule has 0 spiro atoms. The molecule has 4 heteroatoms. The highest BCUT2D eigenvalue weighted by Gasteiger charge is 2.15. The second kappa shape index (κ2) is 6.76. The summed E-state index contributed by atoms with van der Waals surface area (Å²) in [4.78, 5) is 17.3. The summed E-state index contributed by atoms with van der Waals surface area (Å²) in [6.45, 7) is 3.45. The molecule has 4 nitrogen and oxygen atoms in total. The number of nitrogens with zero attached hydrogens (tertiary/aromatic N) is 1. The first kappa shape index (κ1) is 14.1. The Kier molecular flexibility index (Phi) is 4.55. The van der Waals surface area contributed by atoms with E-state index in [0.717, 1.165) is 39.0 Å². The van der Waals surface area contributed by atoms with Gasteiger partial charge < -0.3 is 15.2 Å². The van der Waals surface area contributed by atoms with Gasteiger partial charge in [0.25, 0.3) is 0 Å². The molecule has 0 bridgehead atoms. The first-order chi connectivity index (χ1) is 10.3. The molecule has 1 aliphatic heterocycles. The summed E-state index contributed by atoms with van der Waals surface area (Å²) in [5, 5.41) is 4.60. The monoisotopic (exact) mass is 285 g/mol. The number of amides is 1. The van der Waals surface area contributed by atoms with Crippen molar-refractivity contribution < 1.29 is 4.79 Å². The lowest BCUT2D eigenvalue weighted by Gasteiger charge is -2.26. The highest BCUT2D eigenvalue weighted by molar-refractivity contribution is 5.79. The fourth-order valence-corrected chi connectivity index (χ4v) is 2.93. The number of hydrogen-bond acceptors (Lipinski definition) is 2. The lowest BCUT2D eigenvalue weighted by molar-refractivity contribution is -0.131. The van der Waals surface area contributed by atoms with Crippen LogP contribution < -0.4 is 5.32 Å². The van der Waals surface area contributed by atoms with Crippen molar-refractivity contribution in [3.05, 3.63) is 36.0 Å². The Balaban J connectivity index is 1.42. The van der Waals surface area contributed by atoms with Crippen molar-refractivity contribution in [1.82, 2.24) is 15.2 Å². The van der Waals surface area contributed by atoms with Gasteiger partial charge in [-0.15, -0.1) is 0 Å². The molecule has 1 saturated heterocycles. The van der Waals surface area contributed by atoms with Crippen molar-refractivity contribution in [1.29, 1.82) is 0 Å². The van der Waals surface area contributed by atoms with Crippen LogP contribution >= 0.6 is 0 Å². The summed E-state index contributed by atoms with van der Waals surface area (Å²) in [7, 11) is 0. The number of likely N-dealkylation sites (tertiary alicyclic amines) is 1. The normalized spacial score (nSPS) is 15.5. The van der Waals surface area contributed by atoms with E-state index in [0.29, 0.717) is 12.3 Å². The molecule has 0 atom stereocenters. The van der Waals surface area contributed by atoms with Crippen molar-refractivity contribution in [2.45, 2.75) is 32.2 Å². The largest absolute Gasteiger partial charge is 0.361 e. The van der Waals surface area contributed by atoms with E-state index >= 15 is 0 Å². The van der Waals surface area contributed by atoms with Gasteiger partial charge in [0.15, 0.2) is 0 Å². The van der Waals surface area contributed by atoms with Crippen LogP contribution in [0.15, 0.2) is 30.5 Å². The summed E-state index contributed by atoms with van der Waals surface area (Å²) in [5.74, 6) is 0.294. The van der Waals surface area contributed by atoms with Crippen molar-refractivity contribution in [2.24, 2.45) is 0 Å². The summed E-state index contributed by atoms with van der Waals surface area (Å²) >= 11 is 0. The Morgan fingerprint density at radius 2 is 2.05 bits per heavy atom. The molecule has 112 valence electrons. The van der Waals surface area contributed by atoms with Crippen molar-refractivity contribution in [3.63, 3.8) is 0 Å². The lowest BCUT2D eigenvalue weighted by atomic mass is 10.1. The zero-order valence-electron chi connectivity index (χ0n) is 12.4. The van der Waals surface area contributed by atoms with Gasteiger partial charge in [-0.3, -0.25) is 4.79 Å². The third kappa shape index (κ3) is 3.64. The van der Waals surface area contributed by atoms with Crippen LogP contribution in [-0.4, -0.2) is 35.4 Å². The summed E-state index contributed by atoms with van der Waals surface area (Å²) in [5.41, 5.74) is 2.41. The maximum absolute atomic E-state index is 12.0. The van der Waals surface area contributed by atoms with E-state index < -0.39 is 0 Å². The number of carbonyl (C=O) groups excluding carboxylic acids is 1. The van der Waals surface area contributed by atoms with E-state index in [2.05, 4.69) is 34.6 Å². The molecular formula is C17H23N3O. The first-order valence-electron chi connectivity index (χ1n) is 7.87. The Morgan fingerprint density at radius 3 is 2.90 bits per heavy atom. The van der Waals surface area contributed by atoms with Crippen LogP contribution in [-0.2, 0) is 11.3 Å². The quantitative estimate of drug-likeness (QED) is 0.830. The number of hydrogen-bond donors (Lipinski definition) is 2. The maximum atomic E-state index is 12.0. The zero-order valence-corrected chi connectivity index (χ0v) is 12.4. The molecule has 1 aliphatic rings. The number of aromatic amines is 1. The fraction of sp³-hybridized carbons (Fsp3) is 0.471. The zero-order chi connectivity index (χ0) is 14.5. The van der Waals surface area contributed by atoms with Crippen LogP contribution in [0.3, 0.4) is 0 Å². The average Bonchev–Trinajstić information content (AvgIpc) is 3.00. The molecule has 0 radical (unpaired) electrons.